The molecule has 176 valence electrons. The first-order chi connectivity index (χ1) is 16.6. The number of fused-ring (bicyclic) bond motifs is 1. The Labute approximate surface area is 199 Å². The van der Waals surface area contributed by atoms with E-state index < -0.39 is 11.2 Å². The molecule has 0 radical (unpaired) electrons. The summed E-state index contributed by atoms with van der Waals surface area (Å²) in [5.41, 5.74) is 2.09. The van der Waals surface area contributed by atoms with Gasteiger partial charge in [-0.15, -0.1) is 0 Å². The molecule has 1 saturated heterocycles. The van der Waals surface area contributed by atoms with Gasteiger partial charge in [-0.05, 0) is 56.3 Å². The van der Waals surface area contributed by atoms with Crippen LogP contribution in [0.4, 0.5) is 17.3 Å². The number of nitrogens with zero attached hydrogens (tertiary/aromatic N) is 4. The van der Waals surface area contributed by atoms with E-state index >= 15 is 0 Å². The van der Waals surface area contributed by atoms with E-state index in [2.05, 4.69) is 30.9 Å². The van der Waals surface area contributed by atoms with Crippen molar-refractivity contribution in [1.82, 2.24) is 24.8 Å². The molecule has 1 aliphatic heterocycles. The molecule has 0 spiro atoms. The van der Waals surface area contributed by atoms with Crippen molar-refractivity contribution in [3.8, 4) is 0 Å². The summed E-state index contributed by atoms with van der Waals surface area (Å²) in [6, 6.07) is 11.6. The summed E-state index contributed by atoms with van der Waals surface area (Å²) < 4.78 is 18.8. The first kappa shape index (κ1) is 22.4. The van der Waals surface area contributed by atoms with Crippen LogP contribution in [0.15, 0.2) is 63.2 Å². The molecular formula is C23H25N7O3S. The highest BCUT2D eigenvalue weighted by molar-refractivity contribution is 7.90. The third-order valence-electron chi connectivity index (χ3n) is 5.75. The Morgan fingerprint density at radius 3 is 2.68 bits per heavy atom. The molecule has 1 aliphatic rings. The first-order valence-corrected chi connectivity index (χ1v) is 12.6. The number of nitrogens with one attached hydrogen (secondary N) is 3. The van der Waals surface area contributed by atoms with Gasteiger partial charge < -0.3 is 24.9 Å². The van der Waals surface area contributed by atoms with Crippen LogP contribution in [0.1, 0.15) is 18.6 Å². The third kappa shape index (κ3) is 4.91. The Hall–Kier alpha value is -3.41. The Balaban J connectivity index is 1.37. The smallest absolute Gasteiger partial charge is 0.287 e. The number of anilines is 3. The Kier molecular flexibility index (Phi) is 6.48. The van der Waals surface area contributed by atoms with Crippen LogP contribution < -0.4 is 21.5 Å². The van der Waals surface area contributed by atoms with Crippen LogP contribution in [0.3, 0.4) is 0 Å². The maximum atomic E-state index is 12.6. The topological polar surface area (TPSA) is 133 Å². The lowest BCUT2D eigenvalue weighted by Crippen LogP contribution is -2.35. The predicted molar refractivity (Wildman–Crippen MR) is 131 cm³/mol. The van der Waals surface area contributed by atoms with Gasteiger partial charge in [0.05, 0.1) is 6.54 Å². The van der Waals surface area contributed by atoms with Gasteiger partial charge in [-0.2, -0.15) is 9.97 Å². The van der Waals surface area contributed by atoms with Crippen LogP contribution in [0, 0.1) is 0 Å². The standard InChI is InChI=1S/C23H25N7O3S/c1-34(32)22-19(33-14-26-22)13-30-20(31)7-2-15-12-25-23(29-21(15)30)28-17-5-3-16(4-6-17)27-18-8-10-24-11-9-18/h2-7,12,14,18,24,27H,8-11,13H2,1H3,(H,25,28,29). The van der Waals surface area contributed by atoms with Gasteiger partial charge in [0, 0.05) is 46.2 Å². The highest BCUT2D eigenvalue weighted by atomic mass is 32.2. The summed E-state index contributed by atoms with van der Waals surface area (Å²) in [6.45, 7) is 2.14. The van der Waals surface area contributed by atoms with Crippen LogP contribution >= 0.6 is 0 Å². The molecule has 4 heterocycles. The van der Waals surface area contributed by atoms with Gasteiger partial charge >= 0.3 is 0 Å². The molecule has 0 aliphatic carbocycles. The molecule has 3 aromatic heterocycles. The van der Waals surface area contributed by atoms with E-state index in [0.29, 0.717) is 33.8 Å². The van der Waals surface area contributed by atoms with E-state index in [1.807, 2.05) is 24.3 Å². The number of piperidine rings is 1. The SMILES string of the molecule is C[S+]([O-])c1ncoc1Cn1c(=O)ccc2cnc(Nc3ccc(NC4CCNCC4)cc3)nc21. The van der Waals surface area contributed by atoms with Gasteiger partial charge in [0.1, 0.15) is 11.9 Å². The maximum Gasteiger partial charge on any atom is 0.287 e. The number of hydrogen-bond acceptors (Lipinski definition) is 9. The van der Waals surface area contributed by atoms with Crippen molar-refractivity contribution in [2.45, 2.75) is 30.5 Å². The zero-order chi connectivity index (χ0) is 23.5. The predicted octanol–water partition coefficient (Wildman–Crippen LogP) is 2.47. The number of aromatic nitrogens is 4. The molecule has 1 atom stereocenters. The van der Waals surface area contributed by atoms with Crippen molar-refractivity contribution in [3.05, 3.63) is 65.1 Å². The molecule has 0 bridgehead atoms. The van der Waals surface area contributed by atoms with Crippen LogP contribution in [0.25, 0.3) is 11.0 Å². The summed E-state index contributed by atoms with van der Waals surface area (Å²) in [5, 5.41) is 11.2. The maximum absolute atomic E-state index is 12.6. The van der Waals surface area contributed by atoms with Gasteiger partial charge in [0.25, 0.3) is 10.6 Å². The molecular weight excluding hydrogens is 454 g/mol. The van der Waals surface area contributed by atoms with Gasteiger partial charge in [-0.1, -0.05) is 0 Å². The molecule has 11 heteroatoms. The van der Waals surface area contributed by atoms with Crippen molar-refractivity contribution < 1.29 is 8.97 Å². The molecule has 3 N–H and O–H groups in total. The van der Waals surface area contributed by atoms with E-state index in [-0.39, 0.29) is 12.1 Å². The fourth-order valence-electron chi connectivity index (χ4n) is 4.01. The van der Waals surface area contributed by atoms with Crippen LogP contribution in [0.5, 0.6) is 0 Å². The Morgan fingerprint density at radius 2 is 1.91 bits per heavy atom. The molecule has 34 heavy (non-hydrogen) atoms. The van der Waals surface area contributed by atoms with E-state index in [4.69, 9.17) is 4.42 Å². The largest absolute Gasteiger partial charge is 0.610 e. The van der Waals surface area contributed by atoms with E-state index in [9.17, 15) is 9.35 Å². The summed E-state index contributed by atoms with van der Waals surface area (Å²) >= 11 is -1.33. The van der Waals surface area contributed by atoms with E-state index in [1.165, 1.54) is 23.3 Å². The number of hydrogen-bond donors (Lipinski definition) is 3. The second kappa shape index (κ2) is 9.84. The molecule has 0 saturated carbocycles. The quantitative estimate of drug-likeness (QED) is 0.342. The molecule has 0 amide bonds. The lowest BCUT2D eigenvalue weighted by molar-refractivity contribution is 0.479. The van der Waals surface area contributed by atoms with Crippen molar-refractivity contribution in [2.24, 2.45) is 0 Å². The molecule has 1 unspecified atom stereocenters. The highest BCUT2D eigenvalue weighted by Crippen LogP contribution is 2.21. The molecule has 5 rings (SSSR count). The van der Waals surface area contributed by atoms with Crippen molar-refractivity contribution in [1.29, 1.82) is 0 Å². The van der Waals surface area contributed by atoms with Gasteiger partial charge in [0.15, 0.2) is 6.39 Å². The van der Waals surface area contributed by atoms with E-state index in [0.717, 1.165) is 37.3 Å². The molecule has 4 aromatic rings. The number of benzene rings is 1. The van der Waals surface area contributed by atoms with Crippen LogP contribution in [0.2, 0.25) is 0 Å². The lowest BCUT2D eigenvalue weighted by atomic mass is 10.1. The first-order valence-electron chi connectivity index (χ1n) is 11.0. The van der Waals surface area contributed by atoms with Gasteiger partial charge in [-0.3, -0.25) is 9.36 Å². The van der Waals surface area contributed by atoms with Crippen molar-refractivity contribution in [3.63, 3.8) is 0 Å². The minimum atomic E-state index is -1.33. The third-order valence-corrected chi connectivity index (χ3v) is 6.63. The summed E-state index contributed by atoms with van der Waals surface area (Å²) in [4.78, 5) is 25.6. The fourth-order valence-corrected chi connectivity index (χ4v) is 4.63. The average molecular weight is 480 g/mol. The second-order valence-corrected chi connectivity index (χ2v) is 9.43. The summed E-state index contributed by atoms with van der Waals surface area (Å²) in [6.07, 6.45) is 6.62. The van der Waals surface area contributed by atoms with Gasteiger partial charge in [0.2, 0.25) is 11.7 Å². The monoisotopic (exact) mass is 479 g/mol. The van der Waals surface area contributed by atoms with Crippen LogP contribution in [-0.2, 0) is 17.7 Å². The number of pyridine rings is 1. The summed E-state index contributed by atoms with van der Waals surface area (Å²) in [5.74, 6) is 0.725. The second-order valence-electron chi connectivity index (χ2n) is 8.14. The number of rotatable bonds is 7. The average Bonchev–Trinajstić information content (AvgIpc) is 3.32. The zero-order valence-electron chi connectivity index (χ0n) is 18.7. The molecule has 10 nitrogen and oxygen atoms in total. The van der Waals surface area contributed by atoms with Crippen molar-refractivity contribution in [2.75, 3.05) is 30.0 Å². The Morgan fingerprint density at radius 1 is 1.15 bits per heavy atom. The van der Waals surface area contributed by atoms with Crippen LogP contribution in [-0.4, -0.2) is 49.5 Å². The molecule has 1 aromatic carbocycles. The normalized spacial score (nSPS) is 15.4. The highest BCUT2D eigenvalue weighted by Gasteiger charge is 2.20. The minimum absolute atomic E-state index is 0.0680. The Bertz CT molecular complexity index is 1330. The van der Waals surface area contributed by atoms with Gasteiger partial charge in [-0.25, -0.2) is 4.98 Å². The van der Waals surface area contributed by atoms with E-state index in [1.54, 1.807) is 12.3 Å². The minimum Gasteiger partial charge on any atom is -0.610 e. The summed E-state index contributed by atoms with van der Waals surface area (Å²) in [7, 11) is 0. The van der Waals surface area contributed by atoms with Crippen molar-refractivity contribution >= 4 is 39.5 Å². The molecule has 1 fully saturated rings. The lowest BCUT2D eigenvalue weighted by Gasteiger charge is -2.24. The fraction of sp³-hybridized carbons (Fsp3) is 0.304. The zero-order valence-corrected chi connectivity index (χ0v) is 19.5. The number of oxazole rings is 1.